The molecule has 0 N–H and O–H groups in total. The first-order valence-corrected chi connectivity index (χ1v) is 6.60. The molecule has 17 heavy (non-hydrogen) atoms. The molecule has 0 aliphatic heterocycles. The first-order valence-electron chi connectivity index (χ1n) is 6.06. The number of carbonyl (C=O) groups excluding carboxylic acids is 1. The number of nitrogens with zero attached hydrogens (tertiary/aromatic N) is 1. The summed E-state index contributed by atoms with van der Waals surface area (Å²) in [6.45, 7) is 5.62. The zero-order valence-electron chi connectivity index (χ0n) is 10.6. The topological polar surface area (TPSA) is 20.3 Å². The van der Waals surface area contributed by atoms with Crippen LogP contribution in [0.15, 0.2) is 24.3 Å². The van der Waals surface area contributed by atoms with Gasteiger partial charge in [0.1, 0.15) is 0 Å². The molecule has 94 valence electrons. The molecule has 1 amide bonds. The highest BCUT2D eigenvalue weighted by Gasteiger charge is 2.12. The van der Waals surface area contributed by atoms with Gasteiger partial charge in [-0.15, -0.1) is 11.6 Å². The van der Waals surface area contributed by atoms with Crippen LogP contribution in [0.4, 0.5) is 0 Å². The smallest absolute Gasteiger partial charge is 0.224 e. The minimum atomic E-state index is 0.141. The lowest BCUT2D eigenvalue weighted by Gasteiger charge is -2.22. The van der Waals surface area contributed by atoms with Crippen molar-refractivity contribution in [3.8, 4) is 0 Å². The molecule has 0 saturated heterocycles. The van der Waals surface area contributed by atoms with Gasteiger partial charge in [-0.1, -0.05) is 36.8 Å². The van der Waals surface area contributed by atoms with Gasteiger partial charge in [-0.3, -0.25) is 4.79 Å². The number of amides is 1. The Hall–Kier alpha value is -1.02. The van der Waals surface area contributed by atoms with Gasteiger partial charge in [0.2, 0.25) is 5.91 Å². The Bertz CT molecular complexity index is 348. The number of carbonyl (C=O) groups is 1. The van der Waals surface area contributed by atoms with Crippen LogP contribution in [0.1, 0.15) is 30.9 Å². The summed E-state index contributed by atoms with van der Waals surface area (Å²) in [4.78, 5) is 13.7. The molecule has 0 heterocycles. The van der Waals surface area contributed by atoms with E-state index in [1.54, 1.807) is 0 Å². The molecule has 1 aromatic rings. The van der Waals surface area contributed by atoms with Gasteiger partial charge in [0.05, 0.1) is 0 Å². The van der Waals surface area contributed by atoms with Crippen molar-refractivity contribution in [3.63, 3.8) is 0 Å². The zero-order valence-corrected chi connectivity index (χ0v) is 11.3. The van der Waals surface area contributed by atoms with Crippen LogP contribution >= 0.6 is 11.6 Å². The molecule has 1 rings (SSSR count). The van der Waals surface area contributed by atoms with E-state index in [0.29, 0.717) is 18.8 Å². The molecular formula is C14H20ClNO. The predicted molar refractivity (Wildman–Crippen MR) is 72.2 cm³/mol. The number of hydrogen-bond acceptors (Lipinski definition) is 1. The molecule has 0 fully saturated rings. The minimum absolute atomic E-state index is 0.141. The summed E-state index contributed by atoms with van der Waals surface area (Å²) in [5.74, 6) is 0.537. The Kier molecular flexibility index (Phi) is 6.06. The van der Waals surface area contributed by atoms with E-state index < -0.39 is 0 Å². The normalized spacial score (nSPS) is 10.3. The maximum Gasteiger partial charge on any atom is 0.224 e. The van der Waals surface area contributed by atoms with E-state index in [2.05, 4.69) is 38.1 Å². The van der Waals surface area contributed by atoms with Crippen molar-refractivity contribution in [1.29, 1.82) is 0 Å². The third kappa shape index (κ3) is 4.78. The molecule has 1 aromatic carbocycles. The fourth-order valence-corrected chi connectivity index (χ4v) is 1.88. The number of halogens is 1. The number of hydrogen-bond donors (Lipinski definition) is 0. The Morgan fingerprint density at radius 2 is 1.94 bits per heavy atom. The van der Waals surface area contributed by atoms with Gasteiger partial charge >= 0.3 is 0 Å². The molecule has 0 atom stereocenters. The zero-order chi connectivity index (χ0) is 12.7. The predicted octanol–water partition coefficient (Wildman–Crippen LogP) is 3.36. The molecule has 0 spiro atoms. The van der Waals surface area contributed by atoms with Crippen LogP contribution in [0.3, 0.4) is 0 Å². The van der Waals surface area contributed by atoms with Crippen molar-refractivity contribution in [3.05, 3.63) is 35.4 Å². The van der Waals surface area contributed by atoms with Crippen molar-refractivity contribution in [2.24, 2.45) is 0 Å². The maximum absolute atomic E-state index is 11.8. The Balaban J connectivity index is 2.65. The molecular weight excluding hydrogens is 234 g/mol. The summed E-state index contributed by atoms with van der Waals surface area (Å²) in [6.07, 6.45) is 1.40. The van der Waals surface area contributed by atoms with Crippen LogP contribution in [0, 0.1) is 6.92 Å². The first kappa shape index (κ1) is 14.0. The summed E-state index contributed by atoms with van der Waals surface area (Å²) in [5, 5.41) is 0. The van der Waals surface area contributed by atoms with Gasteiger partial charge in [-0.25, -0.2) is 0 Å². The quantitative estimate of drug-likeness (QED) is 0.712. The second-order valence-corrected chi connectivity index (χ2v) is 4.62. The van der Waals surface area contributed by atoms with Gasteiger partial charge in [-0.05, 0) is 18.9 Å². The highest BCUT2D eigenvalue weighted by Crippen LogP contribution is 2.09. The average Bonchev–Trinajstić information content (AvgIpc) is 2.31. The van der Waals surface area contributed by atoms with Gasteiger partial charge in [-0.2, -0.15) is 0 Å². The van der Waals surface area contributed by atoms with E-state index in [1.165, 1.54) is 11.1 Å². The van der Waals surface area contributed by atoms with Gasteiger partial charge in [0, 0.05) is 25.4 Å². The van der Waals surface area contributed by atoms with Crippen LogP contribution in [0.5, 0.6) is 0 Å². The van der Waals surface area contributed by atoms with Crippen molar-refractivity contribution in [2.75, 3.05) is 12.4 Å². The van der Waals surface area contributed by atoms with Crippen LogP contribution in [0.25, 0.3) is 0 Å². The lowest BCUT2D eigenvalue weighted by atomic mass is 10.1. The molecule has 2 nitrogen and oxygen atoms in total. The first-order chi connectivity index (χ1) is 8.17. The van der Waals surface area contributed by atoms with Crippen LogP contribution in [0.2, 0.25) is 0 Å². The molecule has 0 unspecified atom stereocenters. The molecule has 0 aliphatic rings. The third-order valence-corrected chi connectivity index (χ3v) is 2.84. The summed E-state index contributed by atoms with van der Waals surface area (Å²) >= 11 is 5.62. The molecule has 0 aliphatic carbocycles. The number of benzene rings is 1. The van der Waals surface area contributed by atoms with Crippen molar-refractivity contribution in [2.45, 2.75) is 33.2 Å². The summed E-state index contributed by atoms with van der Waals surface area (Å²) in [7, 11) is 0. The van der Waals surface area contributed by atoms with E-state index in [9.17, 15) is 4.79 Å². The monoisotopic (exact) mass is 253 g/mol. The Morgan fingerprint density at radius 1 is 1.29 bits per heavy atom. The minimum Gasteiger partial charge on any atom is -0.338 e. The fraction of sp³-hybridized carbons (Fsp3) is 0.500. The van der Waals surface area contributed by atoms with E-state index in [0.717, 1.165) is 13.0 Å². The standard InChI is InChI=1S/C14H20ClNO/c1-3-10-16(14(17)8-9-15)11-13-6-4-12(2)5-7-13/h4-7H,3,8-11H2,1-2H3. The van der Waals surface area contributed by atoms with Crippen molar-refractivity contribution >= 4 is 17.5 Å². The number of aryl methyl sites for hydroxylation is 1. The largest absolute Gasteiger partial charge is 0.338 e. The molecule has 0 aromatic heterocycles. The summed E-state index contributed by atoms with van der Waals surface area (Å²) in [5.41, 5.74) is 2.41. The van der Waals surface area contributed by atoms with Gasteiger partial charge < -0.3 is 4.90 Å². The lowest BCUT2D eigenvalue weighted by molar-refractivity contribution is -0.131. The molecule has 3 heteroatoms. The van der Waals surface area contributed by atoms with Gasteiger partial charge in [0.15, 0.2) is 0 Å². The van der Waals surface area contributed by atoms with Gasteiger partial charge in [0.25, 0.3) is 0 Å². The van der Waals surface area contributed by atoms with E-state index in [4.69, 9.17) is 11.6 Å². The third-order valence-electron chi connectivity index (χ3n) is 2.65. The average molecular weight is 254 g/mol. The van der Waals surface area contributed by atoms with Crippen LogP contribution in [-0.2, 0) is 11.3 Å². The molecule has 0 saturated carbocycles. The Labute approximate surface area is 109 Å². The molecule has 0 bridgehead atoms. The second kappa shape index (κ2) is 7.33. The van der Waals surface area contributed by atoms with E-state index in [-0.39, 0.29) is 5.91 Å². The Morgan fingerprint density at radius 3 is 2.47 bits per heavy atom. The second-order valence-electron chi connectivity index (χ2n) is 4.24. The summed E-state index contributed by atoms with van der Waals surface area (Å²) in [6, 6.07) is 8.30. The van der Waals surface area contributed by atoms with Crippen LogP contribution in [-0.4, -0.2) is 23.2 Å². The maximum atomic E-state index is 11.8. The SMILES string of the molecule is CCCN(Cc1ccc(C)cc1)C(=O)CCCl. The highest BCUT2D eigenvalue weighted by atomic mass is 35.5. The molecule has 0 radical (unpaired) electrons. The number of rotatable bonds is 6. The lowest BCUT2D eigenvalue weighted by Crippen LogP contribution is -2.31. The highest BCUT2D eigenvalue weighted by molar-refractivity contribution is 6.18. The van der Waals surface area contributed by atoms with E-state index >= 15 is 0 Å². The number of alkyl halides is 1. The van der Waals surface area contributed by atoms with Crippen molar-refractivity contribution in [1.82, 2.24) is 4.90 Å². The fourth-order valence-electron chi connectivity index (χ4n) is 1.71. The van der Waals surface area contributed by atoms with Crippen molar-refractivity contribution < 1.29 is 4.79 Å². The summed E-state index contributed by atoms with van der Waals surface area (Å²) < 4.78 is 0. The van der Waals surface area contributed by atoms with E-state index in [1.807, 2.05) is 4.90 Å². The van der Waals surface area contributed by atoms with Crippen LogP contribution < -0.4 is 0 Å².